The van der Waals surface area contributed by atoms with E-state index in [1.807, 2.05) is 19.0 Å². The quantitative estimate of drug-likeness (QED) is 0.243. The van der Waals surface area contributed by atoms with Crippen molar-refractivity contribution in [2.75, 3.05) is 33.9 Å². The first-order valence-corrected chi connectivity index (χ1v) is 10.4. The highest BCUT2D eigenvalue weighted by Gasteiger charge is 2.44. The van der Waals surface area contributed by atoms with Gasteiger partial charge in [-0.25, -0.2) is 9.59 Å². The molecule has 0 bridgehead atoms. The fraction of sp³-hybridized carbons (Fsp3) is 0.700. The highest BCUT2D eigenvalue weighted by Crippen LogP contribution is 2.20. The normalized spacial score (nSPS) is 11.0. The monoisotopic (exact) mass is 493 g/mol. The summed E-state index contributed by atoms with van der Waals surface area (Å²) in [5.74, 6) is -0.605. The summed E-state index contributed by atoms with van der Waals surface area (Å²) in [5, 5.41) is 0. The van der Waals surface area contributed by atoms with E-state index in [0.717, 1.165) is 13.0 Å². The maximum atomic E-state index is 10.9. The van der Waals surface area contributed by atoms with Crippen LogP contribution in [0.1, 0.15) is 48.5 Å². The standard InChI is InChI=1S/C10H18O2.C8H15NO2.CHF3O3S.CH4/c1-8(2)9(11)12-7-6-10(3,4)5;1-7(2)8(10)11-6-5-9(3)4;2-1(3,4)8(5,6)7;/h1,6-7H2,2-5H3;1,5-6H2,2-4H3;(H,5,6,7);1H4. The van der Waals surface area contributed by atoms with E-state index >= 15 is 0 Å². The molecule has 0 aromatic rings. The second kappa shape index (κ2) is 16.7. The Morgan fingerprint density at radius 3 is 1.47 bits per heavy atom. The van der Waals surface area contributed by atoms with Crippen molar-refractivity contribution < 1.29 is 45.2 Å². The maximum absolute atomic E-state index is 10.9. The number of rotatable bonds is 7. The molecular formula is C20H38F3NO7S. The number of halogens is 3. The van der Waals surface area contributed by atoms with E-state index in [-0.39, 0.29) is 24.8 Å². The van der Waals surface area contributed by atoms with Crippen molar-refractivity contribution in [3.8, 4) is 0 Å². The second-order valence-corrected chi connectivity index (χ2v) is 9.28. The van der Waals surface area contributed by atoms with Crippen LogP contribution in [0.3, 0.4) is 0 Å². The van der Waals surface area contributed by atoms with Gasteiger partial charge in [0.15, 0.2) is 0 Å². The molecule has 0 unspecified atom stereocenters. The number of nitrogens with zero attached hydrogens (tertiary/aromatic N) is 1. The van der Waals surface area contributed by atoms with E-state index < -0.39 is 15.6 Å². The topological polar surface area (TPSA) is 110 Å². The van der Waals surface area contributed by atoms with Gasteiger partial charge in [0.1, 0.15) is 6.61 Å². The Hall–Kier alpha value is -1.92. The SMILES string of the molecule is C.C=C(C)C(=O)OCCC(C)(C)C.C=C(C)C(=O)OCCN(C)C.O=S(=O)(O)C(F)(F)F. The van der Waals surface area contributed by atoms with Crippen LogP contribution in [0, 0.1) is 5.41 Å². The Balaban J connectivity index is -0.000000184. The molecule has 0 aromatic carbocycles. The van der Waals surface area contributed by atoms with Crippen LogP contribution in [0.2, 0.25) is 0 Å². The van der Waals surface area contributed by atoms with Gasteiger partial charge in [-0.1, -0.05) is 41.4 Å². The number of carbonyl (C=O) groups is 2. The molecular weight excluding hydrogens is 455 g/mol. The third-order valence-electron chi connectivity index (χ3n) is 2.85. The highest BCUT2D eigenvalue weighted by atomic mass is 32.2. The van der Waals surface area contributed by atoms with Gasteiger partial charge < -0.3 is 14.4 Å². The van der Waals surface area contributed by atoms with Gasteiger partial charge >= 0.3 is 27.6 Å². The number of esters is 2. The molecule has 0 aromatic heterocycles. The van der Waals surface area contributed by atoms with E-state index in [4.69, 9.17) is 22.4 Å². The van der Waals surface area contributed by atoms with E-state index in [9.17, 15) is 22.8 Å². The second-order valence-electron chi connectivity index (χ2n) is 7.87. The molecule has 32 heavy (non-hydrogen) atoms. The summed E-state index contributed by atoms with van der Waals surface area (Å²) in [7, 11) is -1.99. The summed E-state index contributed by atoms with van der Waals surface area (Å²) >= 11 is 0. The minimum absolute atomic E-state index is 0. The molecule has 0 radical (unpaired) electrons. The van der Waals surface area contributed by atoms with Gasteiger partial charge in [0.25, 0.3) is 0 Å². The number of hydrogen-bond acceptors (Lipinski definition) is 7. The van der Waals surface area contributed by atoms with E-state index in [0.29, 0.717) is 24.4 Å². The molecule has 0 rings (SSSR count). The van der Waals surface area contributed by atoms with E-state index in [1.165, 1.54) is 0 Å². The molecule has 0 saturated heterocycles. The largest absolute Gasteiger partial charge is 0.522 e. The first kappa shape index (κ1) is 37.4. The van der Waals surface area contributed by atoms with E-state index in [2.05, 4.69) is 33.9 Å². The molecule has 12 heteroatoms. The van der Waals surface area contributed by atoms with Gasteiger partial charge in [-0.15, -0.1) is 0 Å². The van der Waals surface area contributed by atoms with Crippen molar-refractivity contribution in [1.29, 1.82) is 0 Å². The third kappa shape index (κ3) is 26.1. The highest BCUT2D eigenvalue weighted by molar-refractivity contribution is 7.86. The Morgan fingerprint density at radius 1 is 0.938 bits per heavy atom. The van der Waals surface area contributed by atoms with Gasteiger partial charge in [-0.05, 0) is 39.8 Å². The van der Waals surface area contributed by atoms with Crippen molar-refractivity contribution >= 4 is 22.1 Å². The van der Waals surface area contributed by atoms with Crippen molar-refractivity contribution in [2.45, 2.75) is 54.0 Å². The summed E-state index contributed by atoms with van der Waals surface area (Å²) in [5.41, 5.74) is -4.41. The van der Waals surface area contributed by atoms with Crippen LogP contribution in [0.5, 0.6) is 0 Å². The van der Waals surface area contributed by atoms with Crippen molar-refractivity contribution in [3.63, 3.8) is 0 Å². The van der Waals surface area contributed by atoms with Gasteiger partial charge in [0, 0.05) is 17.7 Å². The van der Waals surface area contributed by atoms with Crippen LogP contribution in [0.25, 0.3) is 0 Å². The summed E-state index contributed by atoms with van der Waals surface area (Å²) in [6.07, 6.45) is 0.881. The van der Waals surface area contributed by atoms with Crippen LogP contribution < -0.4 is 0 Å². The van der Waals surface area contributed by atoms with Crippen molar-refractivity contribution in [3.05, 3.63) is 24.3 Å². The fourth-order valence-corrected chi connectivity index (χ4v) is 1.02. The van der Waals surface area contributed by atoms with Crippen molar-refractivity contribution in [1.82, 2.24) is 4.90 Å². The zero-order valence-corrected chi connectivity index (χ0v) is 19.9. The molecule has 0 amide bonds. The van der Waals surface area contributed by atoms with E-state index in [1.54, 1.807) is 13.8 Å². The zero-order chi connectivity index (χ0) is 25.6. The third-order valence-corrected chi connectivity index (χ3v) is 3.43. The lowest BCUT2D eigenvalue weighted by atomic mass is 9.93. The van der Waals surface area contributed by atoms with Gasteiger partial charge in [0.2, 0.25) is 0 Å². The molecule has 192 valence electrons. The number of ether oxygens (including phenoxy) is 2. The number of hydrogen-bond donors (Lipinski definition) is 1. The van der Waals surface area contributed by atoms with Crippen LogP contribution in [0.4, 0.5) is 13.2 Å². The van der Waals surface area contributed by atoms with Crippen LogP contribution in [0.15, 0.2) is 24.3 Å². The summed E-state index contributed by atoms with van der Waals surface area (Å²) < 4.78 is 67.3. The predicted molar refractivity (Wildman–Crippen MR) is 119 cm³/mol. The number of alkyl halides is 3. The molecule has 0 saturated carbocycles. The number of carbonyl (C=O) groups excluding carboxylic acids is 2. The smallest absolute Gasteiger partial charge is 0.462 e. The molecule has 0 spiro atoms. The molecule has 8 nitrogen and oxygen atoms in total. The summed E-state index contributed by atoms with van der Waals surface area (Å²) in [4.78, 5) is 23.6. The van der Waals surface area contributed by atoms with Crippen molar-refractivity contribution in [2.24, 2.45) is 5.41 Å². The van der Waals surface area contributed by atoms with Gasteiger partial charge in [0.05, 0.1) is 6.61 Å². The minimum Gasteiger partial charge on any atom is -0.462 e. The lowest BCUT2D eigenvalue weighted by Gasteiger charge is -2.17. The summed E-state index contributed by atoms with van der Waals surface area (Å²) in [6, 6.07) is 0. The first-order valence-electron chi connectivity index (χ1n) is 8.95. The zero-order valence-electron chi connectivity index (χ0n) is 19.1. The summed E-state index contributed by atoms with van der Waals surface area (Å²) in [6.45, 7) is 18.2. The minimum atomic E-state index is -5.84. The van der Waals surface area contributed by atoms with Gasteiger partial charge in [-0.3, -0.25) is 4.55 Å². The molecule has 0 heterocycles. The lowest BCUT2D eigenvalue weighted by Crippen LogP contribution is -2.21. The first-order chi connectivity index (χ1) is 13.6. The fourth-order valence-electron chi connectivity index (χ4n) is 1.02. The maximum Gasteiger partial charge on any atom is 0.522 e. The van der Waals surface area contributed by atoms with Crippen LogP contribution in [-0.2, 0) is 29.2 Å². The molecule has 0 aliphatic rings. The molecule has 0 fully saturated rings. The molecule has 1 N–H and O–H groups in total. The lowest BCUT2D eigenvalue weighted by molar-refractivity contribution is -0.140. The van der Waals surface area contributed by atoms with Crippen LogP contribution >= 0.6 is 0 Å². The Bertz CT molecular complexity index is 695. The molecule has 0 atom stereocenters. The Morgan fingerprint density at radius 2 is 1.25 bits per heavy atom. The molecule has 0 aliphatic carbocycles. The average Bonchev–Trinajstić information content (AvgIpc) is 2.52. The Kier molecular flexibility index (Phi) is 19.5. The Labute approximate surface area is 190 Å². The van der Waals surface area contributed by atoms with Crippen LogP contribution in [-0.4, -0.2) is 69.2 Å². The molecule has 0 aliphatic heterocycles. The average molecular weight is 494 g/mol. The van der Waals surface area contributed by atoms with Gasteiger partial charge in [-0.2, -0.15) is 21.6 Å². The number of likely N-dealkylation sites (N-methyl/N-ethyl adjacent to an activating group) is 1. The predicted octanol–water partition coefficient (Wildman–Crippen LogP) is 4.24.